The number of nitrogens with zero attached hydrogens (tertiary/aromatic N) is 5. The molecular formula is C19H26F3N7O2. The molecule has 3 N–H and O–H groups in total. The molecule has 12 heteroatoms. The molecule has 0 spiro atoms. The molecule has 0 amide bonds. The number of nitrogen functional groups attached to an aromatic ring is 1. The van der Waals surface area contributed by atoms with Gasteiger partial charge in [0.1, 0.15) is 11.4 Å². The van der Waals surface area contributed by atoms with E-state index in [-0.39, 0.29) is 36.3 Å². The van der Waals surface area contributed by atoms with Crippen LogP contribution in [0.1, 0.15) is 30.6 Å². The monoisotopic (exact) mass is 441 g/mol. The minimum atomic E-state index is -4.65. The van der Waals surface area contributed by atoms with E-state index < -0.39 is 11.7 Å². The van der Waals surface area contributed by atoms with Crippen molar-refractivity contribution in [1.29, 1.82) is 0 Å². The van der Waals surface area contributed by atoms with Gasteiger partial charge in [0.2, 0.25) is 5.95 Å². The van der Waals surface area contributed by atoms with Crippen molar-refractivity contribution in [1.82, 2.24) is 24.6 Å². The molecule has 4 heterocycles. The highest BCUT2D eigenvalue weighted by Gasteiger charge is 2.40. The largest absolute Gasteiger partial charge is 0.422 e. The number of rotatable bonds is 6. The van der Waals surface area contributed by atoms with Crippen LogP contribution < -0.4 is 11.1 Å². The summed E-state index contributed by atoms with van der Waals surface area (Å²) in [6, 6.07) is 0.0376. The highest BCUT2D eigenvalue weighted by atomic mass is 19.4. The number of halogens is 3. The fraction of sp³-hybridized carbons (Fsp3) is 0.632. The third-order valence-corrected chi connectivity index (χ3v) is 5.45. The van der Waals surface area contributed by atoms with Gasteiger partial charge in [-0.05, 0) is 20.3 Å². The quantitative estimate of drug-likeness (QED) is 0.704. The molecule has 2 aromatic rings. The van der Waals surface area contributed by atoms with Gasteiger partial charge in [0.15, 0.2) is 6.29 Å². The van der Waals surface area contributed by atoms with Crippen LogP contribution in [0.15, 0.2) is 6.20 Å². The first-order valence-electron chi connectivity index (χ1n) is 10.3. The Balaban J connectivity index is 1.62. The third-order valence-electron chi connectivity index (χ3n) is 5.45. The molecule has 0 aliphatic carbocycles. The highest BCUT2D eigenvalue weighted by Crippen LogP contribution is 2.41. The number of aryl methyl sites for hydroxylation is 1. The summed E-state index contributed by atoms with van der Waals surface area (Å²) in [5.41, 5.74) is 5.27. The van der Waals surface area contributed by atoms with Crippen LogP contribution in [-0.4, -0.2) is 70.3 Å². The summed E-state index contributed by atoms with van der Waals surface area (Å²) in [7, 11) is 0. The number of nitrogens with two attached hydrogens (primary N) is 1. The molecule has 0 bridgehead atoms. The first-order chi connectivity index (χ1) is 14.8. The summed E-state index contributed by atoms with van der Waals surface area (Å²) >= 11 is 0. The SMILES string of the molecule is CCNc1nc(N)nc(-c2cn(C3CCN(CC4OCCO4)C3)nc2C)c1C(F)(F)F. The van der Waals surface area contributed by atoms with Crippen molar-refractivity contribution in [3.8, 4) is 11.3 Å². The van der Waals surface area contributed by atoms with E-state index in [0.717, 1.165) is 13.0 Å². The molecule has 9 nitrogen and oxygen atoms in total. The van der Waals surface area contributed by atoms with E-state index in [1.165, 1.54) is 0 Å². The van der Waals surface area contributed by atoms with Gasteiger partial charge in [-0.15, -0.1) is 0 Å². The molecule has 0 radical (unpaired) electrons. The molecule has 4 rings (SSSR count). The van der Waals surface area contributed by atoms with Gasteiger partial charge in [0.05, 0.1) is 30.6 Å². The lowest BCUT2D eigenvalue weighted by molar-refractivity contribution is -0.136. The molecular weight excluding hydrogens is 415 g/mol. The number of likely N-dealkylation sites (tertiary alicyclic amines) is 1. The zero-order chi connectivity index (χ0) is 22.2. The molecule has 2 aromatic heterocycles. The zero-order valence-electron chi connectivity index (χ0n) is 17.4. The Bertz CT molecular complexity index is 928. The average molecular weight is 441 g/mol. The van der Waals surface area contributed by atoms with Crippen molar-refractivity contribution in [3.63, 3.8) is 0 Å². The average Bonchev–Trinajstić information content (AvgIpc) is 3.42. The number of alkyl halides is 3. The maximum atomic E-state index is 13.9. The van der Waals surface area contributed by atoms with Gasteiger partial charge in [-0.3, -0.25) is 9.58 Å². The fourth-order valence-electron chi connectivity index (χ4n) is 4.06. The Hall–Kier alpha value is -2.44. The van der Waals surface area contributed by atoms with Crippen LogP contribution in [0.5, 0.6) is 0 Å². The van der Waals surface area contributed by atoms with Gasteiger partial charge in [-0.25, -0.2) is 4.98 Å². The summed E-state index contributed by atoms with van der Waals surface area (Å²) in [5, 5.41) is 7.15. The first-order valence-corrected chi connectivity index (χ1v) is 10.3. The molecule has 1 unspecified atom stereocenters. The predicted molar refractivity (Wildman–Crippen MR) is 107 cm³/mol. The molecule has 31 heavy (non-hydrogen) atoms. The lowest BCUT2D eigenvalue weighted by atomic mass is 10.1. The topological polar surface area (TPSA) is 103 Å². The normalized spacial score (nSPS) is 20.6. The minimum absolute atomic E-state index is 0.0376. The van der Waals surface area contributed by atoms with E-state index in [9.17, 15) is 13.2 Å². The molecule has 2 fully saturated rings. The zero-order valence-corrected chi connectivity index (χ0v) is 17.4. The molecule has 0 saturated carbocycles. The van der Waals surface area contributed by atoms with Gasteiger partial charge < -0.3 is 20.5 Å². The van der Waals surface area contributed by atoms with E-state index >= 15 is 0 Å². The molecule has 2 saturated heterocycles. The Labute approximate surface area is 177 Å². The number of aromatic nitrogens is 4. The Morgan fingerprint density at radius 3 is 2.68 bits per heavy atom. The maximum absolute atomic E-state index is 13.9. The van der Waals surface area contributed by atoms with Gasteiger partial charge >= 0.3 is 6.18 Å². The van der Waals surface area contributed by atoms with Crippen LogP contribution in [0, 0.1) is 6.92 Å². The summed E-state index contributed by atoms with van der Waals surface area (Å²) in [6.07, 6.45) is -2.43. The highest BCUT2D eigenvalue weighted by molar-refractivity contribution is 5.72. The second-order valence-electron chi connectivity index (χ2n) is 7.66. The smallest absolute Gasteiger partial charge is 0.370 e. The van der Waals surface area contributed by atoms with Crippen molar-refractivity contribution < 1.29 is 22.6 Å². The Kier molecular flexibility index (Phi) is 6.04. The van der Waals surface area contributed by atoms with Crippen molar-refractivity contribution in [2.24, 2.45) is 0 Å². The molecule has 170 valence electrons. The second-order valence-corrected chi connectivity index (χ2v) is 7.66. The molecule has 0 aromatic carbocycles. The standard InChI is InChI=1S/C19H26F3N7O2/c1-3-24-17-15(19(20,21)22)16(25-18(23)26-17)13-9-29(27-11(13)2)12-4-5-28(8-12)10-14-30-6-7-31-14/h9,12,14H,3-8,10H2,1-2H3,(H3,23,24,25,26). The number of anilines is 2. The van der Waals surface area contributed by atoms with Gasteiger partial charge in [0, 0.05) is 37.9 Å². The number of ether oxygens (including phenoxy) is 2. The number of hydrogen-bond acceptors (Lipinski definition) is 8. The number of nitrogens with one attached hydrogen (secondary N) is 1. The van der Waals surface area contributed by atoms with E-state index in [2.05, 4.69) is 25.3 Å². The van der Waals surface area contributed by atoms with E-state index in [0.29, 0.717) is 37.6 Å². The third kappa shape index (κ3) is 4.60. The van der Waals surface area contributed by atoms with Gasteiger partial charge in [0.25, 0.3) is 0 Å². The van der Waals surface area contributed by atoms with Crippen LogP contribution in [-0.2, 0) is 15.7 Å². The fourth-order valence-corrected chi connectivity index (χ4v) is 4.06. The summed E-state index contributed by atoms with van der Waals surface area (Å²) < 4.78 is 54.5. The van der Waals surface area contributed by atoms with E-state index in [4.69, 9.17) is 15.2 Å². The minimum Gasteiger partial charge on any atom is -0.370 e. The van der Waals surface area contributed by atoms with Crippen LogP contribution in [0.4, 0.5) is 24.9 Å². The van der Waals surface area contributed by atoms with Crippen LogP contribution >= 0.6 is 0 Å². The van der Waals surface area contributed by atoms with Gasteiger partial charge in [-0.1, -0.05) is 0 Å². The van der Waals surface area contributed by atoms with Crippen molar-refractivity contribution >= 4 is 11.8 Å². The molecule has 2 aliphatic heterocycles. The van der Waals surface area contributed by atoms with Crippen LogP contribution in [0.2, 0.25) is 0 Å². The Morgan fingerprint density at radius 2 is 2.00 bits per heavy atom. The molecule has 2 aliphatic rings. The Morgan fingerprint density at radius 1 is 1.26 bits per heavy atom. The summed E-state index contributed by atoms with van der Waals surface area (Å²) in [4.78, 5) is 9.93. The summed E-state index contributed by atoms with van der Waals surface area (Å²) in [5.74, 6) is -0.553. The maximum Gasteiger partial charge on any atom is 0.422 e. The van der Waals surface area contributed by atoms with Crippen LogP contribution in [0.25, 0.3) is 11.3 Å². The lowest BCUT2D eigenvalue weighted by Crippen LogP contribution is -2.31. The first kappa shape index (κ1) is 21.8. The lowest BCUT2D eigenvalue weighted by Gasteiger charge is -2.19. The molecule has 1 atom stereocenters. The summed E-state index contributed by atoms with van der Waals surface area (Å²) in [6.45, 7) is 7.04. The second kappa shape index (κ2) is 8.60. The van der Waals surface area contributed by atoms with E-state index in [1.54, 1.807) is 24.7 Å². The van der Waals surface area contributed by atoms with Crippen LogP contribution in [0.3, 0.4) is 0 Å². The van der Waals surface area contributed by atoms with Crippen molar-refractivity contribution in [2.45, 2.75) is 38.8 Å². The van der Waals surface area contributed by atoms with Crippen molar-refractivity contribution in [3.05, 3.63) is 17.5 Å². The van der Waals surface area contributed by atoms with E-state index in [1.807, 2.05) is 0 Å². The number of hydrogen-bond donors (Lipinski definition) is 2. The predicted octanol–water partition coefficient (Wildman–Crippen LogP) is 2.30. The van der Waals surface area contributed by atoms with Gasteiger partial charge in [-0.2, -0.15) is 23.3 Å². The van der Waals surface area contributed by atoms with Crippen molar-refractivity contribution in [2.75, 3.05) is 50.4 Å².